The normalized spacial score (nSPS) is 11.1. The number of fused-ring (bicyclic) bond motifs is 1. The van der Waals surface area contributed by atoms with E-state index in [1.807, 2.05) is 23.7 Å². The molecule has 0 spiro atoms. The average Bonchev–Trinajstić information content (AvgIpc) is 2.83. The summed E-state index contributed by atoms with van der Waals surface area (Å²) in [4.78, 5) is 17.4. The molecule has 0 aliphatic carbocycles. The molecule has 0 atom stereocenters. The Bertz CT molecular complexity index is 667. The first kappa shape index (κ1) is 17.9. The van der Waals surface area contributed by atoms with Crippen LogP contribution in [0.25, 0.3) is 11.0 Å². The molecule has 0 unspecified atom stereocenters. The molecule has 126 valence electrons. The predicted molar refractivity (Wildman–Crippen MR) is 94.9 cm³/mol. The summed E-state index contributed by atoms with van der Waals surface area (Å²) in [5.41, 5.74) is 3.01. The van der Waals surface area contributed by atoms with Gasteiger partial charge in [-0.05, 0) is 24.6 Å². The van der Waals surface area contributed by atoms with E-state index < -0.39 is 5.97 Å². The van der Waals surface area contributed by atoms with Crippen LogP contribution in [0.3, 0.4) is 0 Å². The van der Waals surface area contributed by atoms with Gasteiger partial charge in [-0.15, -0.1) is 23.2 Å². The third kappa shape index (κ3) is 4.52. The lowest BCUT2D eigenvalue weighted by atomic mass is 10.2. The molecule has 0 aliphatic rings. The number of carboxylic acids is 1. The number of hydrogen-bond acceptors (Lipinski definition) is 3. The number of alkyl halides is 2. The van der Waals surface area contributed by atoms with Crippen molar-refractivity contribution in [2.24, 2.45) is 7.05 Å². The number of rotatable bonds is 9. The molecular weight excluding hydrogens is 337 g/mol. The SMILES string of the molecule is Cn1c(CCCC(=O)O)nc2ccc(N(CCCl)CCCl)cc21. The highest BCUT2D eigenvalue weighted by atomic mass is 35.5. The van der Waals surface area contributed by atoms with Gasteiger partial charge in [0.1, 0.15) is 5.82 Å². The van der Waals surface area contributed by atoms with Crippen molar-refractivity contribution in [3.63, 3.8) is 0 Å². The van der Waals surface area contributed by atoms with E-state index in [0.29, 0.717) is 24.6 Å². The number of nitrogens with zero attached hydrogens (tertiary/aromatic N) is 3. The molecule has 1 N–H and O–H groups in total. The number of carbonyl (C=O) groups is 1. The zero-order chi connectivity index (χ0) is 16.8. The summed E-state index contributed by atoms with van der Waals surface area (Å²) >= 11 is 11.7. The van der Waals surface area contributed by atoms with Crippen molar-refractivity contribution in [2.75, 3.05) is 29.7 Å². The van der Waals surface area contributed by atoms with Crippen LogP contribution in [0.15, 0.2) is 18.2 Å². The molecule has 0 saturated carbocycles. The molecule has 2 rings (SSSR count). The number of halogens is 2. The summed E-state index contributed by atoms with van der Waals surface area (Å²) in [5, 5.41) is 8.74. The fourth-order valence-electron chi connectivity index (χ4n) is 2.62. The summed E-state index contributed by atoms with van der Waals surface area (Å²) in [7, 11) is 1.96. The Morgan fingerprint density at radius 1 is 1.30 bits per heavy atom. The number of anilines is 1. The number of aryl methyl sites for hydroxylation is 2. The van der Waals surface area contributed by atoms with Gasteiger partial charge in [-0.2, -0.15) is 0 Å². The molecule has 0 radical (unpaired) electrons. The fraction of sp³-hybridized carbons (Fsp3) is 0.500. The molecule has 2 aromatic rings. The summed E-state index contributed by atoms with van der Waals surface area (Å²) in [6.07, 6.45) is 1.40. The van der Waals surface area contributed by atoms with Gasteiger partial charge in [-0.25, -0.2) is 4.98 Å². The Morgan fingerprint density at radius 3 is 2.61 bits per heavy atom. The quantitative estimate of drug-likeness (QED) is 0.699. The highest BCUT2D eigenvalue weighted by Crippen LogP contribution is 2.23. The van der Waals surface area contributed by atoms with Crippen LogP contribution in [-0.4, -0.2) is 45.5 Å². The Labute approximate surface area is 145 Å². The highest BCUT2D eigenvalue weighted by molar-refractivity contribution is 6.18. The van der Waals surface area contributed by atoms with Gasteiger partial charge in [0.25, 0.3) is 0 Å². The van der Waals surface area contributed by atoms with Crippen LogP contribution in [0.4, 0.5) is 5.69 Å². The Kier molecular flexibility index (Phi) is 6.54. The van der Waals surface area contributed by atoms with Crippen LogP contribution >= 0.6 is 23.2 Å². The Morgan fingerprint density at radius 2 is 2.00 bits per heavy atom. The second-order valence-electron chi connectivity index (χ2n) is 5.37. The number of imidazole rings is 1. The minimum absolute atomic E-state index is 0.160. The van der Waals surface area contributed by atoms with Gasteiger partial charge >= 0.3 is 5.97 Å². The highest BCUT2D eigenvalue weighted by Gasteiger charge is 2.12. The van der Waals surface area contributed by atoms with Crippen molar-refractivity contribution in [3.05, 3.63) is 24.0 Å². The molecule has 1 aromatic heterocycles. The van der Waals surface area contributed by atoms with E-state index in [1.165, 1.54) is 0 Å². The van der Waals surface area contributed by atoms with Crippen LogP contribution in [0.1, 0.15) is 18.7 Å². The predicted octanol–water partition coefficient (Wildman–Crippen LogP) is 3.26. The minimum atomic E-state index is -0.774. The third-order valence-corrected chi connectivity index (χ3v) is 4.16. The standard InChI is InChI=1S/C16H21Cl2N3O2/c1-20-14-11-12(21(9-7-17)10-8-18)5-6-13(14)19-15(20)3-2-4-16(22)23/h5-6,11H,2-4,7-10H2,1H3,(H,22,23). The second-order valence-corrected chi connectivity index (χ2v) is 6.13. The minimum Gasteiger partial charge on any atom is -0.481 e. The van der Waals surface area contributed by atoms with Crippen molar-refractivity contribution in [1.29, 1.82) is 0 Å². The lowest BCUT2D eigenvalue weighted by molar-refractivity contribution is -0.137. The maximum absolute atomic E-state index is 10.6. The van der Waals surface area contributed by atoms with Crippen molar-refractivity contribution in [2.45, 2.75) is 19.3 Å². The van der Waals surface area contributed by atoms with E-state index in [1.54, 1.807) is 0 Å². The zero-order valence-electron chi connectivity index (χ0n) is 13.1. The van der Waals surface area contributed by atoms with Gasteiger partial charge in [0.05, 0.1) is 11.0 Å². The molecule has 23 heavy (non-hydrogen) atoms. The van der Waals surface area contributed by atoms with E-state index in [4.69, 9.17) is 28.3 Å². The van der Waals surface area contributed by atoms with Crippen LogP contribution < -0.4 is 4.90 Å². The number of aliphatic carboxylic acids is 1. The molecule has 5 nitrogen and oxygen atoms in total. The molecular formula is C16H21Cl2N3O2. The third-order valence-electron chi connectivity index (χ3n) is 3.82. The van der Waals surface area contributed by atoms with Gasteiger partial charge in [0.2, 0.25) is 0 Å². The van der Waals surface area contributed by atoms with E-state index in [0.717, 1.165) is 35.6 Å². The van der Waals surface area contributed by atoms with Gasteiger partial charge in [0.15, 0.2) is 0 Å². The number of hydrogen-bond donors (Lipinski definition) is 1. The lowest BCUT2D eigenvalue weighted by Crippen LogP contribution is -2.27. The summed E-state index contributed by atoms with van der Waals surface area (Å²) in [6.45, 7) is 1.48. The number of carboxylic acid groups (broad SMARTS) is 1. The van der Waals surface area contributed by atoms with Crippen molar-refractivity contribution in [3.8, 4) is 0 Å². The summed E-state index contributed by atoms with van der Waals surface area (Å²) < 4.78 is 2.03. The molecule has 0 aliphatic heterocycles. The molecule has 1 heterocycles. The molecule has 0 fully saturated rings. The van der Waals surface area contributed by atoms with Gasteiger partial charge in [-0.3, -0.25) is 4.79 Å². The van der Waals surface area contributed by atoms with Crippen LogP contribution in [0, 0.1) is 0 Å². The van der Waals surface area contributed by atoms with Crippen LogP contribution in [0.2, 0.25) is 0 Å². The second kappa shape index (κ2) is 8.41. The molecule has 1 aromatic carbocycles. The first-order valence-corrected chi connectivity index (χ1v) is 8.67. The summed E-state index contributed by atoms with van der Waals surface area (Å²) in [5.74, 6) is 1.21. The fourth-order valence-corrected chi connectivity index (χ4v) is 3.03. The van der Waals surface area contributed by atoms with E-state index in [2.05, 4.69) is 16.0 Å². The molecule has 7 heteroatoms. The number of benzene rings is 1. The first-order valence-electron chi connectivity index (χ1n) is 7.61. The van der Waals surface area contributed by atoms with Crippen LogP contribution in [0.5, 0.6) is 0 Å². The lowest BCUT2D eigenvalue weighted by Gasteiger charge is -2.22. The Balaban J connectivity index is 2.24. The first-order chi connectivity index (χ1) is 11.1. The largest absolute Gasteiger partial charge is 0.481 e. The Hall–Kier alpha value is -1.46. The van der Waals surface area contributed by atoms with E-state index >= 15 is 0 Å². The van der Waals surface area contributed by atoms with Crippen LogP contribution in [-0.2, 0) is 18.3 Å². The molecule has 0 amide bonds. The maximum Gasteiger partial charge on any atom is 0.303 e. The van der Waals surface area contributed by atoms with Crippen molar-refractivity contribution >= 4 is 45.9 Å². The van der Waals surface area contributed by atoms with E-state index in [-0.39, 0.29) is 6.42 Å². The monoisotopic (exact) mass is 357 g/mol. The van der Waals surface area contributed by atoms with Crippen molar-refractivity contribution in [1.82, 2.24) is 9.55 Å². The maximum atomic E-state index is 10.6. The number of aromatic nitrogens is 2. The van der Waals surface area contributed by atoms with Crippen molar-refractivity contribution < 1.29 is 9.90 Å². The van der Waals surface area contributed by atoms with Gasteiger partial charge in [-0.1, -0.05) is 0 Å². The topological polar surface area (TPSA) is 58.4 Å². The van der Waals surface area contributed by atoms with Gasteiger partial charge in [0, 0.05) is 50.4 Å². The molecule has 0 saturated heterocycles. The van der Waals surface area contributed by atoms with E-state index in [9.17, 15) is 4.79 Å². The average molecular weight is 358 g/mol. The van der Waals surface area contributed by atoms with Gasteiger partial charge < -0.3 is 14.6 Å². The smallest absolute Gasteiger partial charge is 0.303 e. The molecule has 0 bridgehead atoms. The zero-order valence-corrected chi connectivity index (χ0v) is 14.6. The summed E-state index contributed by atoms with van der Waals surface area (Å²) in [6, 6.07) is 6.10.